The van der Waals surface area contributed by atoms with E-state index in [4.69, 9.17) is 5.73 Å². The van der Waals surface area contributed by atoms with Crippen molar-refractivity contribution in [3.8, 4) is 0 Å². The summed E-state index contributed by atoms with van der Waals surface area (Å²) in [5.74, 6) is -3.12. The molecule has 0 aliphatic rings. The fraction of sp³-hybridized carbons (Fsp3) is 0.333. The zero-order valence-corrected chi connectivity index (χ0v) is 20.2. The van der Waals surface area contributed by atoms with Crippen molar-refractivity contribution in [1.82, 2.24) is 35.9 Å². The lowest BCUT2D eigenvalue weighted by molar-refractivity contribution is -0.142. The maximum absolute atomic E-state index is 13.0. The molecule has 0 bridgehead atoms. The van der Waals surface area contributed by atoms with Gasteiger partial charge in [-0.05, 0) is 18.9 Å². The van der Waals surface area contributed by atoms with Gasteiger partial charge in [0, 0.05) is 36.6 Å². The molecule has 3 aromatic rings. The van der Waals surface area contributed by atoms with Gasteiger partial charge in [-0.2, -0.15) is 0 Å². The second kappa shape index (κ2) is 13.0. The molecule has 37 heavy (non-hydrogen) atoms. The van der Waals surface area contributed by atoms with Crippen molar-refractivity contribution in [2.75, 3.05) is 0 Å². The molecule has 4 unspecified atom stereocenters. The van der Waals surface area contributed by atoms with Crippen LogP contribution >= 0.6 is 0 Å². The summed E-state index contributed by atoms with van der Waals surface area (Å²) in [6.45, 7) is 1.46. The summed E-state index contributed by atoms with van der Waals surface area (Å²) in [7, 11) is 0. The SMILES string of the molecule is CC(NC(=O)C(N)Cc1ccccc1)C(=O)NC(Cc1cnc[nH]1)C(=O)NC(Cc1cnc[nH]1)C(=O)O. The highest BCUT2D eigenvalue weighted by Gasteiger charge is 2.29. The molecule has 2 aromatic heterocycles. The highest BCUT2D eigenvalue weighted by molar-refractivity contribution is 5.94. The third-order valence-corrected chi connectivity index (χ3v) is 5.59. The van der Waals surface area contributed by atoms with Gasteiger partial charge in [0.2, 0.25) is 17.7 Å². The van der Waals surface area contributed by atoms with Crippen LogP contribution in [0.25, 0.3) is 0 Å². The number of carboxylic acid groups (broad SMARTS) is 1. The Hall–Kier alpha value is -4.52. The number of nitrogens with one attached hydrogen (secondary N) is 5. The summed E-state index contributed by atoms with van der Waals surface area (Å²) in [6, 6.07) is 4.93. The van der Waals surface area contributed by atoms with Crippen LogP contribution in [0, 0.1) is 0 Å². The Labute approximate surface area is 212 Å². The number of nitrogens with two attached hydrogens (primary N) is 1. The number of carboxylic acids is 1. The Morgan fingerprint density at radius 2 is 1.41 bits per heavy atom. The molecule has 0 radical (unpaired) electrons. The molecule has 0 spiro atoms. The second-order valence-electron chi connectivity index (χ2n) is 8.55. The van der Waals surface area contributed by atoms with Gasteiger partial charge in [0.05, 0.1) is 18.7 Å². The average molecular weight is 511 g/mol. The number of amides is 3. The van der Waals surface area contributed by atoms with Gasteiger partial charge in [-0.25, -0.2) is 14.8 Å². The Balaban J connectivity index is 1.63. The highest BCUT2D eigenvalue weighted by Crippen LogP contribution is 2.05. The lowest BCUT2D eigenvalue weighted by Crippen LogP contribution is -2.57. The van der Waals surface area contributed by atoms with Crippen LogP contribution in [-0.4, -0.2) is 72.9 Å². The third-order valence-electron chi connectivity index (χ3n) is 5.59. The molecule has 13 heteroatoms. The molecule has 2 heterocycles. The molecule has 0 aliphatic carbocycles. The molecule has 196 valence electrons. The minimum Gasteiger partial charge on any atom is -0.480 e. The molecule has 3 amide bonds. The van der Waals surface area contributed by atoms with E-state index >= 15 is 0 Å². The van der Waals surface area contributed by atoms with E-state index in [0.717, 1.165) is 5.56 Å². The molecule has 0 saturated heterocycles. The number of benzene rings is 1. The first kappa shape index (κ1) is 27.1. The van der Waals surface area contributed by atoms with Crippen molar-refractivity contribution in [3.05, 3.63) is 72.3 Å². The van der Waals surface area contributed by atoms with Crippen LogP contribution in [0.5, 0.6) is 0 Å². The molecule has 1 aromatic carbocycles. The molecule has 4 atom stereocenters. The Bertz CT molecular complexity index is 1170. The van der Waals surface area contributed by atoms with Crippen LogP contribution in [-0.2, 0) is 38.4 Å². The quantitative estimate of drug-likeness (QED) is 0.152. The summed E-state index contributed by atoms with van der Waals surface area (Å²) in [6.07, 6.45) is 6.04. The predicted molar refractivity (Wildman–Crippen MR) is 132 cm³/mol. The fourth-order valence-electron chi connectivity index (χ4n) is 3.56. The number of hydrogen-bond donors (Lipinski definition) is 7. The molecule has 13 nitrogen and oxygen atoms in total. The molecule has 8 N–H and O–H groups in total. The first-order valence-corrected chi connectivity index (χ1v) is 11.6. The molecular formula is C24H30N8O5. The Kier molecular flexibility index (Phi) is 9.49. The zero-order valence-electron chi connectivity index (χ0n) is 20.2. The van der Waals surface area contributed by atoms with Gasteiger partial charge < -0.3 is 36.8 Å². The largest absolute Gasteiger partial charge is 0.480 e. The lowest BCUT2D eigenvalue weighted by Gasteiger charge is -2.23. The van der Waals surface area contributed by atoms with Crippen LogP contribution in [0.4, 0.5) is 0 Å². The summed E-state index contributed by atoms with van der Waals surface area (Å²) < 4.78 is 0. The van der Waals surface area contributed by atoms with Crippen molar-refractivity contribution in [2.45, 2.75) is 50.4 Å². The minimum absolute atomic E-state index is 0.0160. The summed E-state index contributed by atoms with van der Waals surface area (Å²) in [4.78, 5) is 63.6. The number of rotatable bonds is 13. The second-order valence-corrected chi connectivity index (χ2v) is 8.55. The number of imidazole rings is 2. The van der Waals surface area contributed by atoms with E-state index in [-0.39, 0.29) is 12.8 Å². The first-order chi connectivity index (χ1) is 17.7. The maximum atomic E-state index is 13.0. The molecule has 0 aliphatic heterocycles. The van der Waals surface area contributed by atoms with Crippen LogP contribution in [0.3, 0.4) is 0 Å². The monoisotopic (exact) mass is 510 g/mol. The number of carbonyl (C=O) groups is 4. The van der Waals surface area contributed by atoms with Crippen molar-refractivity contribution >= 4 is 23.7 Å². The number of H-pyrrole nitrogens is 2. The van der Waals surface area contributed by atoms with E-state index in [1.165, 1.54) is 32.0 Å². The van der Waals surface area contributed by atoms with E-state index in [0.29, 0.717) is 17.8 Å². The summed E-state index contributed by atoms with van der Waals surface area (Å²) in [5, 5.41) is 17.2. The van der Waals surface area contributed by atoms with Gasteiger partial charge in [0.15, 0.2) is 0 Å². The standard InChI is InChI=1S/C24H30N8O5/c1-14(30-22(34)18(25)7-15-5-3-2-4-6-15)21(33)31-19(8-16-10-26-12-28-16)23(35)32-20(24(36)37)9-17-11-27-13-29-17/h2-6,10-14,18-20H,7-9,25H2,1H3,(H,26,28)(H,27,29)(H,30,34)(H,31,33)(H,32,35)(H,36,37). The van der Waals surface area contributed by atoms with E-state index in [2.05, 4.69) is 35.9 Å². The predicted octanol–water partition coefficient (Wildman–Crippen LogP) is -0.953. The van der Waals surface area contributed by atoms with Crippen molar-refractivity contribution < 1.29 is 24.3 Å². The number of aromatic nitrogens is 4. The maximum Gasteiger partial charge on any atom is 0.326 e. The van der Waals surface area contributed by atoms with E-state index in [1.807, 2.05) is 30.3 Å². The van der Waals surface area contributed by atoms with E-state index in [9.17, 15) is 24.3 Å². The summed E-state index contributed by atoms with van der Waals surface area (Å²) >= 11 is 0. The van der Waals surface area contributed by atoms with E-state index < -0.39 is 47.9 Å². The van der Waals surface area contributed by atoms with E-state index in [1.54, 1.807) is 0 Å². The van der Waals surface area contributed by atoms with Crippen molar-refractivity contribution in [1.29, 1.82) is 0 Å². The third kappa shape index (κ3) is 8.28. The van der Waals surface area contributed by atoms with Gasteiger partial charge in [-0.3, -0.25) is 14.4 Å². The number of hydrogen-bond acceptors (Lipinski definition) is 7. The molecular weight excluding hydrogens is 480 g/mol. The lowest BCUT2D eigenvalue weighted by atomic mass is 10.1. The van der Waals surface area contributed by atoms with Crippen LogP contribution < -0.4 is 21.7 Å². The van der Waals surface area contributed by atoms with Gasteiger partial charge in [0.25, 0.3) is 0 Å². The molecule has 0 fully saturated rings. The van der Waals surface area contributed by atoms with Crippen LogP contribution in [0.1, 0.15) is 23.9 Å². The van der Waals surface area contributed by atoms with Gasteiger partial charge in [0.1, 0.15) is 18.1 Å². The van der Waals surface area contributed by atoms with Gasteiger partial charge in [-0.1, -0.05) is 30.3 Å². The fourth-order valence-corrected chi connectivity index (χ4v) is 3.56. The first-order valence-electron chi connectivity index (χ1n) is 11.6. The van der Waals surface area contributed by atoms with Gasteiger partial charge >= 0.3 is 5.97 Å². The number of aliphatic carboxylic acids is 1. The number of aromatic amines is 2. The molecule has 0 saturated carbocycles. The summed E-state index contributed by atoms with van der Waals surface area (Å²) in [5.41, 5.74) is 7.93. The van der Waals surface area contributed by atoms with Gasteiger partial charge in [-0.15, -0.1) is 0 Å². The number of carbonyl (C=O) groups excluding carboxylic acids is 3. The van der Waals surface area contributed by atoms with Crippen molar-refractivity contribution in [2.24, 2.45) is 5.73 Å². The zero-order chi connectivity index (χ0) is 26.8. The Morgan fingerprint density at radius 1 is 0.838 bits per heavy atom. The smallest absolute Gasteiger partial charge is 0.326 e. The highest BCUT2D eigenvalue weighted by atomic mass is 16.4. The molecule has 3 rings (SSSR count). The Morgan fingerprint density at radius 3 is 1.95 bits per heavy atom. The number of nitrogens with zero attached hydrogens (tertiary/aromatic N) is 2. The van der Waals surface area contributed by atoms with Crippen LogP contribution in [0.15, 0.2) is 55.4 Å². The average Bonchev–Trinajstić information content (AvgIpc) is 3.58. The minimum atomic E-state index is -1.26. The van der Waals surface area contributed by atoms with Crippen molar-refractivity contribution in [3.63, 3.8) is 0 Å². The van der Waals surface area contributed by atoms with Crippen LogP contribution in [0.2, 0.25) is 0 Å². The topological polar surface area (TPSA) is 208 Å². The normalized spacial score (nSPS) is 14.1.